The summed E-state index contributed by atoms with van der Waals surface area (Å²) in [6, 6.07) is -0.316. The summed E-state index contributed by atoms with van der Waals surface area (Å²) in [6.45, 7) is 3.43. The summed E-state index contributed by atoms with van der Waals surface area (Å²) in [6.07, 6.45) is 0. The van der Waals surface area contributed by atoms with Gasteiger partial charge in [-0.05, 0) is 6.92 Å². The van der Waals surface area contributed by atoms with Crippen LogP contribution in [0.15, 0.2) is 0 Å². The first-order valence-corrected chi connectivity index (χ1v) is 5.44. The van der Waals surface area contributed by atoms with Crippen LogP contribution in [0, 0.1) is 0 Å². The van der Waals surface area contributed by atoms with Gasteiger partial charge in [0.1, 0.15) is 6.61 Å². The molecule has 0 aliphatic heterocycles. The van der Waals surface area contributed by atoms with Gasteiger partial charge in [-0.25, -0.2) is 0 Å². The number of nitrogens with one attached hydrogen (secondary N) is 2. The largest absolute Gasteiger partial charge is 0.383 e. The van der Waals surface area contributed by atoms with Crippen molar-refractivity contribution in [1.82, 2.24) is 10.6 Å². The molecule has 0 rings (SSSR count). The maximum atomic E-state index is 11.4. The van der Waals surface area contributed by atoms with Crippen molar-refractivity contribution in [2.45, 2.75) is 13.0 Å². The minimum absolute atomic E-state index is 0.100. The van der Waals surface area contributed by atoms with Crippen LogP contribution in [0.4, 0.5) is 0 Å². The fourth-order valence-electron chi connectivity index (χ4n) is 1.04. The molecule has 1 atom stereocenters. The quantitative estimate of drug-likeness (QED) is 0.396. The van der Waals surface area contributed by atoms with Crippen molar-refractivity contribution in [3.05, 3.63) is 0 Å². The highest BCUT2D eigenvalue weighted by molar-refractivity contribution is 5.81. The van der Waals surface area contributed by atoms with Crippen LogP contribution >= 0.6 is 0 Å². The zero-order chi connectivity index (χ0) is 13.1. The van der Waals surface area contributed by atoms with Gasteiger partial charge in [-0.2, -0.15) is 0 Å². The standard InChI is InChI=1S/C10H21N3O4/c1-8(10(15)13-3-5-16-2)12-4-6-17-7-9(11)14/h8,12H,3-7H2,1-2H3,(H2,11,14)(H,13,15). The van der Waals surface area contributed by atoms with E-state index in [1.807, 2.05) is 0 Å². The fourth-order valence-corrected chi connectivity index (χ4v) is 1.04. The Morgan fingerprint density at radius 3 is 2.59 bits per heavy atom. The van der Waals surface area contributed by atoms with Gasteiger partial charge in [0.2, 0.25) is 11.8 Å². The van der Waals surface area contributed by atoms with Gasteiger partial charge >= 0.3 is 0 Å². The molecular formula is C10H21N3O4. The molecule has 0 fully saturated rings. The summed E-state index contributed by atoms with van der Waals surface area (Å²) in [5, 5.41) is 5.65. The number of amides is 2. The third-order valence-electron chi connectivity index (χ3n) is 1.94. The molecule has 0 aromatic rings. The van der Waals surface area contributed by atoms with E-state index in [1.54, 1.807) is 14.0 Å². The summed E-state index contributed by atoms with van der Waals surface area (Å²) in [5.74, 6) is -0.604. The fraction of sp³-hybridized carbons (Fsp3) is 0.800. The summed E-state index contributed by atoms with van der Waals surface area (Å²) >= 11 is 0. The molecule has 0 aliphatic carbocycles. The average molecular weight is 247 g/mol. The van der Waals surface area contributed by atoms with Crippen molar-refractivity contribution in [1.29, 1.82) is 0 Å². The second-order valence-electron chi connectivity index (χ2n) is 3.48. The molecule has 0 radical (unpaired) electrons. The van der Waals surface area contributed by atoms with Gasteiger partial charge in [0.15, 0.2) is 0 Å². The lowest BCUT2D eigenvalue weighted by molar-refractivity contribution is -0.124. The Labute approximate surface area is 101 Å². The Bertz CT molecular complexity index is 236. The lowest BCUT2D eigenvalue weighted by atomic mass is 10.3. The highest BCUT2D eigenvalue weighted by Gasteiger charge is 2.10. The first kappa shape index (κ1) is 15.8. The first-order valence-electron chi connectivity index (χ1n) is 5.44. The van der Waals surface area contributed by atoms with Gasteiger partial charge in [0.25, 0.3) is 0 Å². The van der Waals surface area contributed by atoms with E-state index < -0.39 is 5.91 Å². The van der Waals surface area contributed by atoms with Crippen LogP contribution in [-0.4, -0.2) is 57.9 Å². The van der Waals surface area contributed by atoms with E-state index >= 15 is 0 Å². The maximum Gasteiger partial charge on any atom is 0.243 e. The summed E-state index contributed by atoms with van der Waals surface area (Å²) < 4.78 is 9.74. The molecule has 1 unspecified atom stereocenters. The van der Waals surface area contributed by atoms with Crippen LogP contribution in [0.5, 0.6) is 0 Å². The Hall–Kier alpha value is -1.18. The van der Waals surface area contributed by atoms with Crippen molar-refractivity contribution in [2.24, 2.45) is 5.73 Å². The molecule has 7 heteroatoms. The highest BCUT2D eigenvalue weighted by Crippen LogP contribution is 1.82. The Kier molecular flexibility index (Phi) is 9.31. The number of hydrogen-bond donors (Lipinski definition) is 3. The van der Waals surface area contributed by atoms with E-state index in [2.05, 4.69) is 10.6 Å². The van der Waals surface area contributed by atoms with Crippen LogP contribution in [0.1, 0.15) is 6.92 Å². The van der Waals surface area contributed by atoms with Gasteiger partial charge in [-0.3, -0.25) is 9.59 Å². The second-order valence-corrected chi connectivity index (χ2v) is 3.48. The lowest BCUT2D eigenvalue weighted by Gasteiger charge is -2.13. The van der Waals surface area contributed by atoms with Gasteiger partial charge in [-0.1, -0.05) is 0 Å². The SMILES string of the molecule is COCCNC(=O)C(C)NCCOCC(N)=O. The zero-order valence-corrected chi connectivity index (χ0v) is 10.3. The Morgan fingerprint density at radius 1 is 1.29 bits per heavy atom. The van der Waals surface area contributed by atoms with Crippen molar-refractivity contribution >= 4 is 11.8 Å². The molecule has 7 nitrogen and oxygen atoms in total. The molecule has 0 aliphatic rings. The number of carbonyl (C=O) groups excluding carboxylic acids is 2. The van der Waals surface area contributed by atoms with Crippen molar-refractivity contribution in [3.63, 3.8) is 0 Å². The van der Waals surface area contributed by atoms with E-state index in [1.165, 1.54) is 0 Å². The van der Waals surface area contributed by atoms with Crippen LogP contribution in [-0.2, 0) is 19.1 Å². The van der Waals surface area contributed by atoms with E-state index in [-0.39, 0.29) is 18.6 Å². The van der Waals surface area contributed by atoms with E-state index in [4.69, 9.17) is 15.2 Å². The molecule has 0 aromatic carbocycles. The monoisotopic (exact) mass is 247 g/mol. The molecule has 4 N–H and O–H groups in total. The summed E-state index contributed by atoms with van der Waals surface area (Å²) in [4.78, 5) is 21.8. The van der Waals surface area contributed by atoms with Gasteiger partial charge < -0.3 is 25.8 Å². The van der Waals surface area contributed by atoms with Crippen molar-refractivity contribution < 1.29 is 19.1 Å². The number of hydrogen-bond acceptors (Lipinski definition) is 5. The number of primary amides is 1. The molecule has 0 saturated carbocycles. The topological polar surface area (TPSA) is 103 Å². The van der Waals surface area contributed by atoms with Crippen LogP contribution in [0.3, 0.4) is 0 Å². The molecule has 0 saturated heterocycles. The molecule has 0 spiro atoms. The van der Waals surface area contributed by atoms with Crippen molar-refractivity contribution in [2.75, 3.05) is 40.0 Å². The highest BCUT2D eigenvalue weighted by atomic mass is 16.5. The van der Waals surface area contributed by atoms with Crippen LogP contribution in [0.25, 0.3) is 0 Å². The normalized spacial score (nSPS) is 12.1. The van der Waals surface area contributed by atoms with E-state index in [0.717, 1.165) is 0 Å². The maximum absolute atomic E-state index is 11.4. The van der Waals surface area contributed by atoms with Gasteiger partial charge in [0, 0.05) is 20.2 Å². The van der Waals surface area contributed by atoms with Crippen LogP contribution in [0.2, 0.25) is 0 Å². The number of nitrogens with two attached hydrogens (primary N) is 1. The molecule has 0 heterocycles. The minimum Gasteiger partial charge on any atom is -0.383 e. The molecule has 100 valence electrons. The second kappa shape index (κ2) is 10.0. The summed E-state index contributed by atoms with van der Waals surface area (Å²) in [5.41, 5.74) is 4.89. The minimum atomic E-state index is -0.504. The third kappa shape index (κ3) is 9.73. The first-order chi connectivity index (χ1) is 8.07. The number of carbonyl (C=O) groups is 2. The van der Waals surface area contributed by atoms with Crippen molar-refractivity contribution in [3.8, 4) is 0 Å². The smallest absolute Gasteiger partial charge is 0.243 e. The number of ether oxygens (including phenoxy) is 2. The number of methoxy groups -OCH3 is 1. The van der Waals surface area contributed by atoms with Gasteiger partial charge in [0.05, 0.1) is 19.3 Å². The average Bonchev–Trinajstić information content (AvgIpc) is 2.28. The molecule has 2 amide bonds. The van der Waals surface area contributed by atoms with E-state index in [0.29, 0.717) is 26.3 Å². The predicted molar refractivity (Wildman–Crippen MR) is 62.4 cm³/mol. The number of rotatable bonds is 10. The van der Waals surface area contributed by atoms with E-state index in [9.17, 15) is 9.59 Å². The lowest BCUT2D eigenvalue weighted by Crippen LogP contribution is -2.44. The Morgan fingerprint density at radius 2 is 2.00 bits per heavy atom. The third-order valence-corrected chi connectivity index (χ3v) is 1.94. The molecule has 17 heavy (non-hydrogen) atoms. The molecule has 0 bridgehead atoms. The summed E-state index contributed by atoms with van der Waals surface area (Å²) in [7, 11) is 1.57. The molecule has 0 aromatic heterocycles. The zero-order valence-electron chi connectivity index (χ0n) is 10.3. The van der Waals surface area contributed by atoms with Gasteiger partial charge in [-0.15, -0.1) is 0 Å². The predicted octanol–water partition coefficient (Wildman–Crippen LogP) is -1.77. The molecular weight excluding hydrogens is 226 g/mol. The Balaban J connectivity index is 3.46. The van der Waals surface area contributed by atoms with Crippen LogP contribution < -0.4 is 16.4 Å².